The molecule has 3 nitrogen and oxygen atoms in total. The van der Waals surface area contributed by atoms with E-state index in [4.69, 9.17) is 0 Å². The van der Waals surface area contributed by atoms with Gasteiger partial charge < -0.3 is 5.11 Å². The fourth-order valence-corrected chi connectivity index (χ4v) is 3.29. The molecule has 0 heterocycles. The summed E-state index contributed by atoms with van der Waals surface area (Å²) in [7, 11) is -3.57. The Labute approximate surface area is 125 Å². The highest BCUT2D eigenvalue weighted by atomic mass is 32.2. The number of sulfone groups is 1. The van der Waals surface area contributed by atoms with E-state index in [2.05, 4.69) is 0 Å². The molecule has 2 rings (SSSR count). The second-order valence-corrected chi connectivity index (χ2v) is 7.02. The third-order valence-electron chi connectivity index (χ3n) is 3.23. The van der Waals surface area contributed by atoms with Gasteiger partial charge in [0.05, 0.1) is 11.5 Å². The number of aliphatic hydroxyl groups is 1. The van der Waals surface area contributed by atoms with Gasteiger partial charge in [-0.15, -0.1) is 0 Å². The van der Waals surface area contributed by atoms with Gasteiger partial charge in [0.25, 0.3) is 0 Å². The largest absolute Gasteiger partial charge is 0.395 e. The summed E-state index contributed by atoms with van der Waals surface area (Å²) in [5.41, 5.74) is 1.89. The van der Waals surface area contributed by atoms with Crippen LogP contribution in [0, 0.1) is 6.92 Å². The molecule has 0 aliphatic carbocycles. The second kappa shape index (κ2) is 6.70. The molecule has 1 N–H and O–H groups in total. The number of hydrogen-bond donors (Lipinski definition) is 1. The maximum Gasteiger partial charge on any atom is 0.187 e. The van der Waals surface area contributed by atoms with Crippen LogP contribution in [0.2, 0.25) is 0 Å². The van der Waals surface area contributed by atoms with Gasteiger partial charge in [0.2, 0.25) is 0 Å². The van der Waals surface area contributed by atoms with Gasteiger partial charge in [0.15, 0.2) is 9.84 Å². The first-order chi connectivity index (χ1) is 10.0. The summed E-state index contributed by atoms with van der Waals surface area (Å²) < 4.78 is 25.0. The fraction of sp³-hybridized carbons (Fsp3) is 0.176. The van der Waals surface area contributed by atoms with Crippen LogP contribution in [-0.4, -0.2) is 25.4 Å². The van der Waals surface area contributed by atoms with Gasteiger partial charge in [-0.1, -0.05) is 60.2 Å². The van der Waals surface area contributed by atoms with E-state index in [1.165, 1.54) is 6.08 Å². The third-order valence-corrected chi connectivity index (χ3v) is 5.26. The molecule has 0 aromatic heterocycles. The lowest BCUT2D eigenvalue weighted by molar-refractivity contribution is 0.303. The summed E-state index contributed by atoms with van der Waals surface area (Å²) in [6.45, 7) is 1.45. The standard InChI is InChI=1S/C17H18O3S/c1-14-7-10-16(11-8-14)21(19,20)17(13-18)12-9-15-5-3-2-4-6-15/h2-12,17-18H,13H2,1H3/b12-9+. The number of benzene rings is 2. The van der Waals surface area contributed by atoms with Crippen LogP contribution in [-0.2, 0) is 9.84 Å². The van der Waals surface area contributed by atoms with Crippen molar-refractivity contribution in [1.29, 1.82) is 0 Å². The maximum atomic E-state index is 12.5. The van der Waals surface area contributed by atoms with Crippen molar-refractivity contribution in [3.8, 4) is 0 Å². The van der Waals surface area contributed by atoms with Crippen molar-refractivity contribution in [3.05, 3.63) is 71.8 Å². The normalized spacial score (nSPS) is 13.4. The average molecular weight is 302 g/mol. The third kappa shape index (κ3) is 3.80. The lowest BCUT2D eigenvalue weighted by Crippen LogP contribution is -2.23. The molecular formula is C17H18O3S. The van der Waals surface area contributed by atoms with Gasteiger partial charge in [0, 0.05) is 0 Å². The van der Waals surface area contributed by atoms with Crippen LogP contribution in [0.4, 0.5) is 0 Å². The summed E-state index contributed by atoms with van der Waals surface area (Å²) in [6.07, 6.45) is 3.25. The smallest absolute Gasteiger partial charge is 0.187 e. The van der Waals surface area contributed by atoms with Crippen molar-refractivity contribution in [3.63, 3.8) is 0 Å². The lowest BCUT2D eigenvalue weighted by Gasteiger charge is -2.11. The lowest BCUT2D eigenvalue weighted by atomic mass is 10.2. The molecule has 1 atom stereocenters. The van der Waals surface area contributed by atoms with Crippen LogP contribution in [0.1, 0.15) is 11.1 Å². The van der Waals surface area contributed by atoms with Crippen molar-refractivity contribution in [1.82, 2.24) is 0 Å². The minimum Gasteiger partial charge on any atom is -0.395 e. The van der Waals surface area contributed by atoms with Gasteiger partial charge in [0.1, 0.15) is 5.25 Å². The molecule has 0 amide bonds. The first kappa shape index (κ1) is 15.5. The van der Waals surface area contributed by atoms with Crippen molar-refractivity contribution >= 4 is 15.9 Å². The van der Waals surface area contributed by atoms with Crippen molar-refractivity contribution < 1.29 is 13.5 Å². The van der Waals surface area contributed by atoms with E-state index in [-0.39, 0.29) is 4.90 Å². The van der Waals surface area contributed by atoms with E-state index >= 15 is 0 Å². The molecule has 0 saturated carbocycles. The van der Waals surface area contributed by atoms with Crippen LogP contribution in [0.15, 0.2) is 65.6 Å². The molecule has 1 unspecified atom stereocenters. The molecule has 110 valence electrons. The SMILES string of the molecule is Cc1ccc(S(=O)(=O)C(/C=C/c2ccccc2)CO)cc1. The van der Waals surface area contributed by atoms with Gasteiger partial charge in [-0.05, 0) is 24.6 Å². The molecule has 0 aliphatic heterocycles. The Bertz CT molecular complexity index is 701. The molecule has 2 aromatic carbocycles. The number of hydrogen-bond acceptors (Lipinski definition) is 3. The Morgan fingerprint density at radius 1 is 1.05 bits per heavy atom. The number of rotatable bonds is 5. The first-order valence-electron chi connectivity index (χ1n) is 6.69. The average Bonchev–Trinajstić information content (AvgIpc) is 2.49. The van der Waals surface area contributed by atoms with E-state index in [0.29, 0.717) is 0 Å². The Balaban J connectivity index is 2.28. The highest BCUT2D eigenvalue weighted by Gasteiger charge is 2.24. The zero-order valence-corrected chi connectivity index (χ0v) is 12.6. The van der Waals surface area contributed by atoms with Gasteiger partial charge in [-0.25, -0.2) is 8.42 Å². The molecule has 0 radical (unpaired) electrons. The van der Waals surface area contributed by atoms with E-state index in [1.807, 2.05) is 37.3 Å². The minimum absolute atomic E-state index is 0.227. The van der Waals surface area contributed by atoms with Gasteiger partial charge in [-0.2, -0.15) is 0 Å². The zero-order chi connectivity index (χ0) is 15.3. The topological polar surface area (TPSA) is 54.4 Å². The molecule has 0 saturated heterocycles. The Morgan fingerprint density at radius 3 is 2.24 bits per heavy atom. The van der Waals surface area contributed by atoms with E-state index in [1.54, 1.807) is 30.3 Å². The van der Waals surface area contributed by atoms with E-state index < -0.39 is 21.7 Å². The molecule has 2 aromatic rings. The highest BCUT2D eigenvalue weighted by Crippen LogP contribution is 2.18. The Kier molecular flexibility index (Phi) is 4.94. The summed E-state index contributed by atoms with van der Waals surface area (Å²) in [6, 6.07) is 16.1. The summed E-state index contributed by atoms with van der Waals surface area (Å²) in [4.78, 5) is 0.227. The van der Waals surface area contributed by atoms with Crippen LogP contribution in [0.5, 0.6) is 0 Å². The molecule has 0 aliphatic rings. The van der Waals surface area contributed by atoms with Gasteiger partial charge in [-0.3, -0.25) is 0 Å². The Hall–Kier alpha value is -1.91. The predicted molar refractivity (Wildman–Crippen MR) is 84.7 cm³/mol. The summed E-state index contributed by atoms with van der Waals surface area (Å²) >= 11 is 0. The van der Waals surface area contributed by atoms with Crippen LogP contribution < -0.4 is 0 Å². The maximum absolute atomic E-state index is 12.5. The molecule has 0 spiro atoms. The van der Waals surface area contributed by atoms with Gasteiger partial charge >= 0.3 is 0 Å². The summed E-state index contributed by atoms with van der Waals surface area (Å²) in [5.74, 6) is 0. The summed E-state index contributed by atoms with van der Waals surface area (Å²) in [5, 5.41) is 8.48. The Morgan fingerprint density at radius 2 is 1.67 bits per heavy atom. The van der Waals surface area contributed by atoms with Crippen molar-refractivity contribution in [2.75, 3.05) is 6.61 Å². The minimum atomic E-state index is -3.57. The highest BCUT2D eigenvalue weighted by molar-refractivity contribution is 7.92. The molecule has 21 heavy (non-hydrogen) atoms. The number of aryl methyl sites for hydroxylation is 1. The molecule has 4 heteroatoms. The van der Waals surface area contributed by atoms with Crippen LogP contribution in [0.3, 0.4) is 0 Å². The van der Waals surface area contributed by atoms with Crippen molar-refractivity contribution in [2.45, 2.75) is 17.1 Å². The van der Waals surface area contributed by atoms with Crippen LogP contribution >= 0.6 is 0 Å². The van der Waals surface area contributed by atoms with Crippen molar-refractivity contribution in [2.24, 2.45) is 0 Å². The first-order valence-corrected chi connectivity index (χ1v) is 8.23. The number of aliphatic hydroxyl groups excluding tert-OH is 1. The quantitative estimate of drug-likeness (QED) is 0.924. The van der Waals surface area contributed by atoms with E-state index in [9.17, 15) is 13.5 Å². The van der Waals surface area contributed by atoms with Crippen LogP contribution in [0.25, 0.3) is 6.08 Å². The fourth-order valence-electron chi connectivity index (χ4n) is 1.95. The predicted octanol–water partition coefficient (Wildman–Crippen LogP) is 2.84. The molecular weight excluding hydrogens is 284 g/mol. The molecule has 0 bridgehead atoms. The zero-order valence-electron chi connectivity index (χ0n) is 11.8. The molecule has 0 fully saturated rings. The second-order valence-electron chi connectivity index (χ2n) is 4.85. The van der Waals surface area contributed by atoms with E-state index in [0.717, 1.165) is 11.1 Å². The monoisotopic (exact) mass is 302 g/mol.